The number of rotatable bonds is 4. The first-order chi connectivity index (χ1) is 7.33. The number of halogens is 1. The number of nitrogen functional groups attached to an aromatic ring is 1. The fourth-order valence-corrected chi connectivity index (χ4v) is 2.30. The molecule has 4 N–H and O–H groups in total. The summed E-state index contributed by atoms with van der Waals surface area (Å²) in [6.45, 7) is 1.32. The normalized spacial score (nSPS) is 13.7. The van der Waals surface area contributed by atoms with Gasteiger partial charge in [0.25, 0.3) is 0 Å². The van der Waals surface area contributed by atoms with Gasteiger partial charge in [-0.15, -0.1) is 0 Å². The van der Waals surface area contributed by atoms with Crippen LogP contribution in [-0.2, 0) is 10.0 Å². The number of anilines is 1. The topological polar surface area (TPSA) is 92.4 Å². The average Bonchev–Trinajstić information content (AvgIpc) is 2.14. The van der Waals surface area contributed by atoms with Crippen LogP contribution in [0.25, 0.3) is 0 Å². The van der Waals surface area contributed by atoms with E-state index < -0.39 is 21.9 Å². The lowest BCUT2D eigenvalue weighted by atomic mass is 10.3. The Morgan fingerprint density at radius 1 is 1.56 bits per heavy atom. The van der Waals surface area contributed by atoms with E-state index >= 15 is 0 Å². The Bertz CT molecular complexity index is 474. The van der Waals surface area contributed by atoms with Crippen molar-refractivity contribution in [1.29, 1.82) is 0 Å². The van der Waals surface area contributed by atoms with Crippen molar-refractivity contribution in [2.75, 3.05) is 12.3 Å². The Morgan fingerprint density at radius 2 is 2.19 bits per heavy atom. The number of hydrogen-bond donors (Lipinski definition) is 3. The van der Waals surface area contributed by atoms with Crippen molar-refractivity contribution in [1.82, 2.24) is 4.72 Å². The fourth-order valence-electron chi connectivity index (χ4n) is 1.07. The van der Waals surface area contributed by atoms with Crippen LogP contribution in [0.5, 0.6) is 0 Å². The third-order valence-corrected chi connectivity index (χ3v) is 3.33. The Hall–Kier alpha value is -1.18. The van der Waals surface area contributed by atoms with E-state index in [0.717, 1.165) is 18.2 Å². The first-order valence-electron chi connectivity index (χ1n) is 4.55. The van der Waals surface area contributed by atoms with E-state index in [1.165, 1.54) is 6.92 Å². The van der Waals surface area contributed by atoms with E-state index in [9.17, 15) is 12.8 Å². The molecule has 0 spiro atoms. The Morgan fingerprint density at radius 3 is 2.69 bits per heavy atom. The number of nitrogens with two attached hydrogens (primary N) is 1. The molecule has 0 fully saturated rings. The van der Waals surface area contributed by atoms with E-state index in [1.54, 1.807) is 0 Å². The van der Waals surface area contributed by atoms with Gasteiger partial charge in [0.1, 0.15) is 10.7 Å². The van der Waals surface area contributed by atoms with Gasteiger partial charge in [-0.1, -0.05) is 0 Å². The second kappa shape index (κ2) is 4.77. The number of nitrogens with one attached hydrogen (secondary N) is 1. The van der Waals surface area contributed by atoms with Crippen molar-refractivity contribution < 1.29 is 17.9 Å². The summed E-state index contributed by atoms with van der Waals surface area (Å²) in [5.41, 5.74) is 5.22. The molecule has 0 aliphatic heterocycles. The average molecular weight is 248 g/mol. The van der Waals surface area contributed by atoms with Gasteiger partial charge in [0, 0.05) is 6.54 Å². The molecular weight excluding hydrogens is 235 g/mol. The lowest BCUT2D eigenvalue weighted by Gasteiger charge is -2.10. The van der Waals surface area contributed by atoms with Crippen LogP contribution in [0.3, 0.4) is 0 Å². The molecule has 90 valence electrons. The van der Waals surface area contributed by atoms with Gasteiger partial charge in [-0.3, -0.25) is 0 Å². The van der Waals surface area contributed by atoms with Crippen LogP contribution >= 0.6 is 0 Å². The molecule has 5 nitrogen and oxygen atoms in total. The summed E-state index contributed by atoms with van der Waals surface area (Å²) < 4.78 is 38.2. The van der Waals surface area contributed by atoms with Crippen LogP contribution in [0.2, 0.25) is 0 Å². The molecule has 0 heterocycles. The maximum atomic E-state index is 12.7. The van der Waals surface area contributed by atoms with Gasteiger partial charge in [-0.2, -0.15) is 0 Å². The van der Waals surface area contributed by atoms with Crippen LogP contribution < -0.4 is 10.5 Å². The number of sulfonamides is 1. The molecule has 1 aromatic carbocycles. The van der Waals surface area contributed by atoms with Crippen molar-refractivity contribution >= 4 is 15.7 Å². The molecule has 0 saturated carbocycles. The molecule has 0 amide bonds. The molecule has 0 aromatic heterocycles. The van der Waals surface area contributed by atoms with Crippen molar-refractivity contribution in [2.45, 2.75) is 17.9 Å². The second-order valence-electron chi connectivity index (χ2n) is 3.38. The summed E-state index contributed by atoms with van der Waals surface area (Å²) in [4.78, 5) is -0.199. The first-order valence-corrected chi connectivity index (χ1v) is 6.04. The number of aliphatic hydroxyl groups is 1. The van der Waals surface area contributed by atoms with Crippen LogP contribution in [0.4, 0.5) is 10.1 Å². The van der Waals surface area contributed by atoms with Gasteiger partial charge in [-0.25, -0.2) is 17.5 Å². The maximum Gasteiger partial charge on any atom is 0.242 e. The molecule has 0 radical (unpaired) electrons. The Balaban J connectivity index is 2.99. The lowest BCUT2D eigenvalue weighted by Crippen LogP contribution is -2.31. The number of hydrogen-bond acceptors (Lipinski definition) is 4. The monoisotopic (exact) mass is 248 g/mol. The van der Waals surface area contributed by atoms with Crippen LogP contribution in [0, 0.1) is 5.82 Å². The smallest absolute Gasteiger partial charge is 0.242 e. The van der Waals surface area contributed by atoms with Gasteiger partial charge < -0.3 is 10.8 Å². The highest BCUT2D eigenvalue weighted by Crippen LogP contribution is 2.18. The standard InChI is InChI=1S/C9H13FN2O3S/c1-6(13)5-12-16(14,15)9-3-2-7(10)4-8(9)11/h2-4,6,12-13H,5,11H2,1H3/t6-/m1/s1. The molecule has 0 bridgehead atoms. The minimum Gasteiger partial charge on any atom is -0.398 e. The van der Waals surface area contributed by atoms with Crippen molar-refractivity contribution in [3.8, 4) is 0 Å². The van der Waals surface area contributed by atoms with E-state index in [0.29, 0.717) is 0 Å². The lowest BCUT2D eigenvalue weighted by molar-refractivity contribution is 0.198. The van der Waals surface area contributed by atoms with Gasteiger partial charge in [0.2, 0.25) is 10.0 Å². The first kappa shape index (κ1) is 12.9. The van der Waals surface area contributed by atoms with Gasteiger partial charge in [0.05, 0.1) is 11.8 Å². The zero-order valence-corrected chi connectivity index (χ0v) is 9.46. The largest absolute Gasteiger partial charge is 0.398 e. The second-order valence-corrected chi connectivity index (χ2v) is 5.12. The molecule has 0 saturated heterocycles. The van der Waals surface area contributed by atoms with Gasteiger partial charge in [0.15, 0.2) is 0 Å². The molecule has 0 aliphatic carbocycles. The van der Waals surface area contributed by atoms with Crippen LogP contribution in [-0.4, -0.2) is 26.2 Å². The van der Waals surface area contributed by atoms with E-state index in [2.05, 4.69) is 4.72 Å². The quantitative estimate of drug-likeness (QED) is 0.657. The zero-order chi connectivity index (χ0) is 12.3. The van der Waals surface area contributed by atoms with E-state index in [-0.39, 0.29) is 17.1 Å². The molecule has 16 heavy (non-hydrogen) atoms. The van der Waals surface area contributed by atoms with E-state index in [4.69, 9.17) is 10.8 Å². The number of aliphatic hydroxyl groups excluding tert-OH is 1. The summed E-state index contributed by atoms with van der Waals surface area (Å²) in [6.07, 6.45) is -0.809. The highest BCUT2D eigenvalue weighted by atomic mass is 32.2. The zero-order valence-electron chi connectivity index (χ0n) is 8.64. The molecule has 1 atom stereocenters. The van der Waals surface area contributed by atoms with Crippen LogP contribution in [0.1, 0.15) is 6.92 Å². The third kappa shape index (κ3) is 3.16. The van der Waals surface area contributed by atoms with Crippen molar-refractivity contribution in [3.63, 3.8) is 0 Å². The maximum absolute atomic E-state index is 12.7. The Labute approximate surface area is 93.1 Å². The summed E-state index contributed by atoms with van der Waals surface area (Å²) in [6, 6.07) is 3.01. The predicted octanol–water partition coefficient (Wildman–Crippen LogP) is 0.0670. The summed E-state index contributed by atoms with van der Waals surface area (Å²) >= 11 is 0. The highest BCUT2D eigenvalue weighted by molar-refractivity contribution is 7.89. The van der Waals surface area contributed by atoms with E-state index in [1.807, 2.05) is 0 Å². The van der Waals surface area contributed by atoms with Gasteiger partial charge >= 0.3 is 0 Å². The fraction of sp³-hybridized carbons (Fsp3) is 0.333. The SMILES string of the molecule is C[C@@H](O)CNS(=O)(=O)c1ccc(F)cc1N. The molecule has 7 heteroatoms. The summed E-state index contributed by atoms with van der Waals surface area (Å²) in [5, 5.41) is 8.96. The van der Waals surface area contributed by atoms with Crippen molar-refractivity contribution in [2.24, 2.45) is 0 Å². The molecule has 0 aliphatic rings. The molecule has 1 rings (SSSR count). The number of benzene rings is 1. The molecular formula is C9H13FN2O3S. The van der Waals surface area contributed by atoms with Gasteiger partial charge in [-0.05, 0) is 25.1 Å². The Kier molecular flexibility index (Phi) is 3.84. The molecule has 1 aromatic rings. The molecule has 0 unspecified atom stereocenters. The minimum atomic E-state index is -3.80. The summed E-state index contributed by atoms with van der Waals surface area (Å²) in [5.74, 6) is -0.605. The van der Waals surface area contributed by atoms with Crippen LogP contribution in [0.15, 0.2) is 23.1 Å². The van der Waals surface area contributed by atoms with Crippen molar-refractivity contribution in [3.05, 3.63) is 24.0 Å². The summed E-state index contributed by atoms with van der Waals surface area (Å²) in [7, 11) is -3.80. The predicted molar refractivity (Wildman–Crippen MR) is 57.7 cm³/mol. The third-order valence-electron chi connectivity index (χ3n) is 1.83. The highest BCUT2D eigenvalue weighted by Gasteiger charge is 2.17. The minimum absolute atomic E-state index is 0.126.